The molecule has 3 aromatic rings. The van der Waals surface area contributed by atoms with Crippen molar-refractivity contribution < 1.29 is 9.15 Å². The monoisotopic (exact) mass is 328 g/mol. The van der Waals surface area contributed by atoms with Crippen molar-refractivity contribution >= 4 is 23.0 Å². The molecule has 0 aliphatic heterocycles. The van der Waals surface area contributed by atoms with E-state index in [9.17, 15) is 0 Å². The molecule has 3 rings (SSSR count). The van der Waals surface area contributed by atoms with Crippen molar-refractivity contribution in [1.29, 1.82) is 0 Å². The van der Waals surface area contributed by atoms with E-state index in [0.717, 1.165) is 22.0 Å². The lowest BCUT2D eigenvalue weighted by Gasteiger charge is -2.06. The first-order valence-corrected chi connectivity index (χ1v) is 7.82. The number of nitrogens with zero attached hydrogens (tertiary/aromatic N) is 2. The fraction of sp³-hybridized carbons (Fsp3) is 0.125. The molecule has 0 saturated carbocycles. The van der Waals surface area contributed by atoms with Crippen molar-refractivity contribution in [3.05, 3.63) is 53.7 Å². The van der Waals surface area contributed by atoms with Crippen LogP contribution in [0.15, 0.2) is 57.5 Å². The van der Waals surface area contributed by atoms with E-state index in [4.69, 9.17) is 14.9 Å². The Kier molecular flexibility index (Phi) is 4.58. The number of nitrogens with two attached hydrogens (primary N) is 1. The van der Waals surface area contributed by atoms with Crippen molar-refractivity contribution in [2.45, 2.75) is 6.54 Å². The van der Waals surface area contributed by atoms with Crippen LogP contribution >= 0.6 is 11.3 Å². The van der Waals surface area contributed by atoms with Gasteiger partial charge in [-0.05, 0) is 35.7 Å². The Morgan fingerprint density at radius 3 is 2.87 bits per heavy atom. The summed E-state index contributed by atoms with van der Waals surface area (Å²) in [6.45, 7) is 0.351. The topological polar surface area (TPSA) is 85.7 Å². The molecule has 0 saturated heterocycles. The minimum atomic E-state index is 0.316. The number of hydrogen-bond acceptors (Lipinski definition) is 5. The molecule has 0 radical (unpaired) electrons. The number of aliphatic imine (C=N–C) groups is 1. The molecule has 118 valence electrons. The molecule has 7 heteroatoms. The summed E-state index contributed by atoms with van der Waals surface area (Å²) in [4.78, 5) is 9.64. The fourth-order valence-corrected chi connectivity index (χ4v) is 2.58. The molecule has 1 aromatic carbocycles. The van der Waals surface area contributed by atoms with Gasteiger partial charge < -0.3 is 20.2 Å². The van der Waals surface area contributed by atoms with Crippen LogP contribution < -0.4 is 15.8 Å². The maximum absolute atomic E-state index is 5.88. The number of benzene rings is 1. The smallest absolute Gasteiger partial charge is 0.236 e. The fourth-order valence-electron chi connectivity index (χ4n) is 1.92. The van der Waals surface area contributed by atoms with E-state index >= 15 is 0 Å². The van der Waals surface area contributed by atoms with E-state index in [1.807, 2.05) is 41.8 Å². The number of anilines is 1. The Labute approximate surface area is 137 Å². The molecular weight excluding hydrogens is 312 g/mol. The highest BCUT2D eigenvalue weighted by atomic mass is 32.1. The summed E-state index contributed by atoms with van der Waals surface area (Å²) < 4.78 is 10.5. The molecule has 0 aliphatic rings. The Morgan fingerprint density at radius 1 is 1.35 bits per heavy atom. The van der Waals surface area contributed by atoms with Crippen molar-refractivity contribution in [1.82, 2.24) is 4.98 Å². The standard InChI is InChI=1S/C16H16N4O2S/c1-21-13-6-4-11(5-7-13)20-16(17)18-9-12-10-22-15(19-12)14-3-2-8-23-14/h2-8,10H,9H2,1H3,(H3,17,18,20). The highest BCUT2D eigenvalue weighted by Crippen LogP contribution is 2.23. The average Bonchev–Trinajstić information content (AvgIpc) is 3.25. The Balaban J connectivity index is 1.60. The molecule has 2 heterocycles. The normalized spacial score (nSPS) is 11.4. The first kappa shape index (κ1) is 15.1. The van der Waals surface area contributed by atoms with Gasteiger partial charge in [-0.1, -0.05) is 6.07 Å². The summed E-state index contributed by atoms with van der Waals surface area (Å²) in [5.74, 6) is 1.71. The number of rotatable bonds is 5. The van der Waals surface area contributed by atoms with Crippen LogP contribution in [0.2, 0.25) is 0 Å². The number of oxazole rings is 1. The van der Waals surface area contributed by atoms with Crippen LogP contribution in [0.4, 0.5) is 5.69 Å². The molecule has 0 bridgehead atoms. The Morgan fingerprint density at radius 2 is 2.17 bits per heavy atom. The summed E-state index contributed by atoms with van der Waals surface area (Å²) in [5.41, 5.74) is 7.45. The minimum Gasteiger partial charge on any atom is -0.497 e. The first-order valence-electron chi connectivity index (χ1n) is 6.94. The third-order valence-corrected chi connectivity index (χ3v) is 3.92. The summed E-state index contributed by atoms with van der Waals surface area (Å²) in [6.07, 6.45) is 1.60. The molecule has 3 N–H and O–H groups in total. The van der Waals surface area contributed by atoms with Gasteiger partial charge in [-0.25, -0.2) is 9.98 Å². The second-order valence-corrected chi connectivity index (χ2v) is 5.62. The van der Waals surface area contributed by atoms with Gasteiger partial charge in [-0.15, -0.1) is 11.3 Å². The second-order valence-electron chi connectivity index (χ2n) is 4.68. The van der Waals surface area contributed by atoms with Gasteiger partial charge in [-0.2, -0.15) is 0 Å². The van der Waals surface area contributed by atoms with Crippen molar-refractivity contribution in [3.8, 4) is 16.5 Å². The molecule has 23 heavy (non-hydrogen) atoms. The number of aromatic nitrogens is 1. The van der Waals surface area contributed by atoms with Crippen LogP contribution in [0.1, 0.15) is 5.69 Å². The summed E-state index contributed by atoms with van der Waals surface area (Å²) in [5, 5.41) is 4.99. The van der Waals surface area contributed by atoms with Crippen LogP contribution in [-0.2, 0) is 6.54 Å². The summed E-state index contributed by atoms with van der Waals surface area (Å²) in [7, 11) is 1.63. The van der Waals surface area contributed by atoms with Gasteiger partial charge in [0.1, 0.15) is 17.7 Å². The lowest BCUT2D eigenvalue weighted by Crippen LogP contribution is -2.22. The number of nitrogens with one attached hydrogen (secondary N) is 1. The van der Waals surface area contributed by atoms with E-state index in [0.29, 0.717) is 18.4 Å². The van der Waals surface area contributed by atoms with Crippen molar-refractivity contribution in [3.63, 3.8) is 0 Å². The number of guanidine groups is 1. The quantitative estimate of drug-likeness (QED) is 0.554. The molecule has 0 amide bonds. The van der Waals surface area contributed by atoms with Gasteiger partial charge in [0.15, 0.2) is 5.96 Å². The predicted molar refractivity (Wildman–Crippen MR) is 91.8 cm³/mol. The van der Waals surface area contributed by atoms with Crippen LogP contribution in [0.25, 0.3) is 10.8 Å². The molecule has 0 atom stereocenters. The zero-order valence-corrected chi connectivity index (χ0v) is 13.3. The molecule has 0 aliphatic carbocycles. The molecule has 6 nitrogen and oxygen atoms in total. The Bertz CT molecular complexity index is 779. The lowest BCUT2D eigenvalue weighted by atomic mass is 10.3. The third kappa shape index (κ3) is 3.89. The Hall–Kier alpha value is -2.80. The largest absolute Gasteiger partial charge is 0.497 e. The number of thiophene rings is 1. The maximum atomic E-state index is 5.88. The first-order chi connectivity index (χ1) is 11.2. The maximum Gasteiger partial charge on any atom is 0.236 e. The van der Waals surface area contributed by atoms with E-state index < -0.39 is 0 Å². The van der Waals surface area contributed by atoms with Gasteiger partial charge >= 0.3 is 0 Å². The lowest BCUT2D eigenvalue weighted by molar-refractivity contribution is 0.415. The van der Waals surface area contributed by atoms with Gasteiger partial charge in [0, 0.05) is 5.69 Å². The van der Waals surface area contributed by atoms with Crippen LogP contribution in [-0.4, -0.2) is 18.1 Å². The number of hydrogen-bond donors (Lipinski definition) is 2. The average molecular weight is 328 g/mol. The van der Waals surface area contributed by atoms with E-state index in [-0.39, 0.29) is 0 Å². The molecule has 0 fully saturated rings. The zero-order valence-electron chi connectivity index (χ0n) is 12.5. The van der Waals surface area contributed by atoms with Gasteiger partial charge in [0.25, 0.3) is 0 Å². The predicted octanol–water partition coefficient (Wildman–Crippen LogP) is 3.34. The van der Waals surface area contributed by atoms with E-state index in [1.165, 1.54) is 0 Å². The summed E-state index contributed by atoms with van der Waals surface area (Å²) >= 11 is 1.58. The van der Waals surface area contributed by atoms with Crippen molar-refractivity contribution in [2.75, 3.05) is 12.4 Å². The highest BCUT2D eigenvalue weighted by Gasteiger charge is 2.07. The summed E-state index contributed by atoms with van der Waals surface area (Å²) in [6, 6.07) is 11.3. The zero-order chi connectivity index (χ0) is 16.1. The van der Waals surface area contributed by atoms with Crippen LogP contribution in [0.5, 0.6) is 5.75 Å². The van der Waals surface area contributed by atoms with E-state index in [1.54, 1.807) is 24.7 Å². The van der Waals surface area contributed by atoms with Crippen molar-refractivity contribution in [2.24, 2.45) is 10.7 Å². The number of ether oxygens (including phenoxy) is 1. The van der Waals surface area contributed by atoms with E-state index in [2.05, 4.69) is 15.3 Å². The molecule has 0 spiro atoms. The van der Waals surface area contributed by atoms with Gasteiger partial charge in [-0.3, -0.25) is 0 Å². The van der Waals surface area contributed by atoms with Crippen LogP contribution in [0.3, 0.4) is 0 Å². The van der Waals surface area contributed by atoms with Crippen LogP contribution in [0, 0.1) is 0 Å². The molecule has 2 aromatic heterocycles. The third-order valence-electron chi connectivity index (χ3n) is 3.06. The highest BCUT2D eigenvalue weighted by molar-refractivity contribution is 7.13. The van der Waals surface area contributed by atoms with Gasteiger partial charge in [0.05, 0.1) is 18.5 Å². The number of methoxy groups -OCH3 is 1. The molecular formula is C16H16N4O2S. The second kappa shape index (κ2) is 6.97. The van der Waals surface area contributed by atoms with Gasteiger partial charge in [0.2, 0.25) is 5.89 Å². The minimum absolute atomic E-state index is 0.316. The SMILES string of the molecule is COc1ccc(NC(N)=NCc2coc(-c3cccs3)n2)cc1. The molecule has 0 unspecified atom stereocenters.